The summed E-state index contributed by atoms with van der Waals surface area (Å²) in [4.78, 5) is 11.1. The van der Waals surface area contributed by atoms with Crippen molar-refractivity contribution in [3.05, 3.63) is 0 Å². The van der Waals surface area contributed by atoms with Crippen LogP contribution < -0.4 is 5.73 Å². The number of esters is 1. The molecule has 4 nitrogen and oxygen atoms in total. The number of halogens is 1. The molecule has 0 spiro atoms. The summed E-state index contributed by atoms with van der Waals surface area (Å²) in [6.45, 7) is 3.45. The average Bonchev–Trinajstić information content (AvgIpc) is 2.55. The van der Waals surface area contributed by atoms with Gasteiger partial charge in [-0.2, -0.15) is 0 Å². The highest BCUT2D eigenvalue weighted by Gasteiger charge is 2.28. The molecule has 1 aliphatic heterocycles. The molecule has 0 aliphatic carbocycles. The lowest BCUT2D eigenvalue weighted by molar-refractivity contribution is -0.146. The maximum absolute atomic E-state index is 11.1. The Bertz CT molecular complexity index is 159. The third-order valence-electron chi connectivity index (χ3n) is 2.03. The van der Waals surface area contributed by atoms with E-state index < -0.39 is 6.04 Å². The summed E-state index contributed by atoms with van der Waals surface area (Å²) in [5.74, 6) is -0.169. The molecule has 5 heteroatoms. The molecule has 0 aromatic heterocycles. The van der Waals surface area contributed by atoms with Gasteiger partial charge < -0.3 is 15.2 Å². The molecule has 2 atom stereocenters. The molecule has 78 valence electrons. The normalized spacial score (nSPS) is 23.4. The molecule has 0 aromatic carbocycles. The van der Waals surface area contributed by atoms with Gasteiger partial charge in [0.05, 0.1) is 13.2 Å². The van der Waals surface area contributed by atoms with E-state index >= 15 is 0 Å². The Kier molecular flexibility index (Phi) is 6.03. The summed E-state index contributed by atoms with van der Waals surface area (Å²) in [5.41, 5.74) is 5.65. The first-order valence-corrected chi connectivity index (χ1v) is 4.25. The Hall–Kier alpha value is -0.320. The molecular formula is C8H16ClNO3. The van der Waals surface area contributed by atoms with Crippen molar-refractivity contribution in [2.24, 2.45) is 11.7 Å². The lowest BCUT2D eigenvalue weighted by Gasteiger charge is -2.15. The number of rotatable bonds is 3. The van der Waals surface area contributed by atoms with Crippen molar-refractivity contribution in [1.82, 2.24) is 0 Å². The molecule has 1 heterocycles. The van der Waals surface area contributed by atoms with E-state index in [0.29, 0.717) is 19.8 Å². The number of carbonyl (C=O) groups is 1. The summed E-state index contributed by atoms with van der Waals surface area (Å²) >= 11 is 0. The number of carbonyl (C=O) groups excluding carboxylic acids is 1. The molecular weight excluding hydrogens is 194 g/mol. The van der Waals surface area contributed by atoms with Gasteiger partial charge in [-0.05, 0) is 13.3 Å². The molecule has 2 unspecified atom stereocenters. The van der Waals surface area contributed by atoms with Crippen molar-refractivity contribution >= 4 is 18.4 Å². The van der Waals surface area contributed by atoms with E-state index in [1.165, 1.54) is 0 Å². The number of nitrogens with two attached hydrogens (primary N) is 1. The Labute approximate surface area is 84.2 Å². The van der Waals surface area contributed by atoms with E-state index in [1.54, 1.807) is 6.92 Å². The molecule has 0 radical (unpaired) electrons. The second-order valence-electron chi connectivity index (χ2n) is 2.90. The monoisotopic (exact) mass is 209 g/mol. The molecule has 1 aliphatic rings. The quantitative estimate of drug-likeness (QED) is 0.681. The third kappa shape index (κ3) is 3.50. The molecule has 0 amide bonds. The van der Waals surface area contributed by atoms with Crippen molar-refractivity contribution in [2.75, 3.05) is 19.8 Å². The standard InChI is InChI=1S/C8H15NO3.ClH/c1-2-12-8(10)7(9)6-3-4-11-5-6;/h6-7H,2-5,9H2,1H3;1H. The molecule has 1 rings (SSSR count). The van der Waals surface area contributed by atoms with Crippen LogP contribution in [0.15, 0.2) is 0 Å². The van der Waals surface area contributed by atoms with Crippen molar-refractivity contribution in [1.29, 1.82) is 0 Å². The van der Waals surface area contributed by atoms with Crippen molar-refractivity contribution in [3.8, 4) is 0 Å². The molecule has 0 bridgehead atoms. The van der Waals surface area contributed by atoms with E-state index in [9.17, 15) is 4.79 Å². The largest absolute Gasteiger partial charge is 0.465 e. The second kappa shape index (κ2) is 6.18. The fourth-order valence-corrected chi connectivity index (χ4v) is 1.27. The van der Waals surface area contributed by atoms with Gasteiger partial charge in [0.15, 0.2) is 0 Å². The first-order chi connectivity index (χ1) is 5.75. The zero-order valence-electron chi connectivity index (χ0n) is 7.69. The maximum atomic E-state index is 11.1. The van der Waals surface area contributed by atoms with Crippen LogP contribution in [-0.4, -0.2) is 31.8 Å². The van der Waals surface area contributed by atoms with Gasteiger partial charge in [0.1, 0.15) is 6.04 Å². The van der Waals surface area contributed by atoms with Gasteiger partial charge in [0, 0.05) is 12.5 Å². The fraction of sp³-hybridized carbons (Fsp3) is 0.875. The molecule has 0 aromatic rings. The summed E-state index contributed by atoms with van der Waals surface area (Å²) in [7, 11) is 0. The van der Waals surface area contributed by atoms with Crippen LogP contribution in [0.1, 0.15) is 13.3 Å². The number of ether oxygens (including phenoxy) is 2. The minimum absolute atomic E-state index is 0. The number of hydrogen-bond acceptors (Lipinski definition) is 4. The van der Waals surface area contributed by atoms with Crippen LogP contribution in [0.5, 0.6) is 0 Å². The second-order valence-corrected chi connectivity index (χ2v) is 2.90. The van der Waals surface area contributed by atoms with Gasteiger partial charge in [-0.1, -0.05) is 0 Å². The van der Waals surface area contributed by atoms with E-state index in [2.05, 4.69) is 0 Å². The van der Waals surface area contributed by atoms with Crippen LogP contribution in [0.4, 0.5) is 0 Å². The van der Waals surface area contributed by atoms with Crippen LogP contribution in [0.25, 0.3) is 0 Å². The topological polar surface area (TPSA) is 61.5 Å². The molecule has 1 fully saturated rings. The lowest BCUT2D eigenvalue weighted by Crippen LogP contribution is -2.39. The van der Waals surface area contributed by atoms with Gasteiger partial charge in [-0.25, -0.2) is 0 Å². The minimum Gasteiger partial charge on any atom is -0.465 e. The highest BCUT2D eigenvalue weighted by atomic mass is 35.5. The Morgan fingerprint density at radius 2 is 2.46 bits per heavy atom. The van der Waals surface area contributed by atoms with E-state index in [-0.39, 0.29) is 24.3 Å². The zero-order chi connectivity index (χ0) is 8.97. The Morgan fingerprint density at radius 3 is 2.92 bits per heavy atom. The summed E-state index contributed by atoms with van der Waals surface area (Å²) in [6, 6.07) is -0.507. The van der Waals surface area contributed by atoms with Gasteiger partial charge in [0.25, 0.3) is 0 Å². The van der Waals surface area contributed by atoms with Crippen molar-refractivity contribution < 1.29 is 14.3 Å². The van der Waals surface area contributed by atoms with Gasteiger partial charge in [0.2, 0.25) is 0 Å². The predicted octanol–water partition coefficient (Wildman–Crippen LogP) is 0.335. The fourth-order valence-electron chi connectivity index (χ4n) is 1.27. The molecule has 2 N–H and O–H groups in total. The van der Waals surface area contributed by atoms with Gasteiger partial charge in [-0.15, -0.1) is 12.4 Å². The molecule has 1 saturated heterocycles. The maximum Gasteiger partial charge on any atom is 0.323 e. The predicted molar refractivity (Wildman–Crippen MR) is 50.8 cm³/mol. The number of hydrogen-bond donors (Lipinski definition) is 1. The van der Waals surface area contributed by atoms with Gasteiger partial charge >= 0.3 is 5.97 Å². The summed E-state index contributed by atoms with van der Waals surface area (Å²) in [5, 5.41) is 0. The van der Waals surface area contributed by atoms with Crippen LogP contribution in [-0.2, 0) is 14.3 Å². The minimum atomic E-state index is -0.507. The van der Waals surface area contributed by atoms with Crippen LogP contribution in [0.2, 0.25) is 0 Å². The van der Waals surface area contributed by atoms with Crippen LogP contribution in [0, 0.1) is 5.92 Å². The van der Waals surface area contributed by atoms with Crippen LogP contribution in [0.3, 0.4) is 0 Å². The SMILES string of the molecule is CCOC(=O)C(N)C1CCOC1.Cl. The molecule has 0 saturated carbocycles. The third-order valence-corrected chi connectivity index (χ3v) is 2.03. The smallest absolute Gasteiger partial charge is 0.323 e. The lowest BCUT2D eigenvalue weighted by atomic mass is 10.0. The summed E-state index contributed by atoms with van der Waals surface area (Å²) in [6.07, 6.45) is 0.861. The Balaban J connectivity index is 0.00000144. The van der Waals surface area contributed by atoms with E-state index in [1.807, 2.05) is 0 Å². The van der Waals surface area contributed by atoms with E-state index in [4.69, 9.17) is 15.2 Å². The van der Waals surface area contributed by atoms with Crippen LogP contribution >= 0.6 is 12.4 Å². The van der Waals surface area contributed by atoms with E-state index in [0.717, 1.165) is 6.42 Å². The average molecular weight is 210 g/mol. The van der Waals surface area contributed by atoms with Gasteiger partial charge in [-0.3, -0.25) is 4.79 Å². The first-order valence-electron chi connectivity index (χ1n) is 4.25. The van der Waals surface area contributed by atoms with Crippen molar-refractivity contribution in [2.45, 2.75) is 19.4 Å². The first kappa shape index (κ1) is 12.7. The zero-order valence-corrected chi connectivity index (χ0v) is 8.51. The summed E-state index contributed by atoms with van der Waals surface area (Å²) < 4.78 is 9.92. The van der Waals surface area contributed by atoms with Crippen molar-refractivity contribution in [3.63, 3.8) is 0 Å². The highest BCUT2D eigenvalue weighted by Crippen LogP contribution is 2.15. The highest BCUT2D eigenvalue weighted by molar-refractivity contribution is 5.85. The molecule has 13 heavy (non-hydrogen) atoms. The Morgan fingerprint density at radius 1 is 1.77 bits per heavy atom.